The molecule has 0 saturated heterocycles. The Morgan fingerprint density at radius 3 is 2.48 bits per heavy atom. The largest absolute Gasteiger partial charge is 0.299 e. The fraction of sp³-hybridized carbons (Fsp3) is 0.174. The number of fused-ring (bicyclic) bond motifs is 1. The number of rotatable bonds is 9. The van der Waals surface area contributed by atoms with Crippen molar-refractivity contribution in [2.45, 2.75) is 28.6 Å². The molecule has 1 aromatic heterocycles. The fourth-order valence-corrected chi connectivity index (χ4v) is 6.14. The minimum Gasteiger partial charge on any atom is -0.299 e. The highest BCUT2D eigenvalue weighted by Gasteiger charge is 2.27. The molecule has 1 heterocycles. The second-order valence-corrected chi connectivity index (χ2v) is 11.4. The lowest BCUT2D eigenvalue weighted by atomic mass is 10.1. The van der Waals surface area contributed by atoms with Crippen LogP contribution < -0.4 is 10.0 Å². The minimum atomic E-state index is -3.96. The Balaban J connectivity index is 1.59. The summed E-state index contributed by atoms with van der Waals surface area (Å²) in [5.74, 6) is 0.345. The summed E-state index contributed by atoms with van der Waals surface area (Å²) in [5, 5.41) is 12.8. The topological polar surface area (TPSA) is 101 Å². The molecule has 3 aromatic carbocycles. The fourth-order valence-electron chi connectivity index (χ4n) is 3.26. The lowest BCUT2D eigenvalue weighted by Crippen LogP contribution is -2.45. The van der Waals surface area contributed by atoms with E-state index in [0.29, 0.717) is 5.13 Å². The number of amides is 1. The molecule has 0 saturated carbocycles. The van der Waals surface area contributed by atoms with Gasteiger partial charge in [0.2, 0.25) is 21.1 Å². The molecule has 0 aliphatic rings. The molecule has 1 atom stereocenters. The third-order valence-corrected chi connectivity index (χ3v) is 8.16. The number of nitrogens with one attached hydrogen (secondary N) is 2. The predicted molar refractivity (Wildman–Crippen MR) is 133 cm³/mol. The van der Waals surface area contributed by atoms with E-state index in [1.54, 1.807) is 18.2 Å². The van der Waals surface area contributed by atoms with Gasteiger partial charge in [0.05, 0.1) is 4.90 Å². The molecule has 0 unspecified atom stereocenters. The van der Waals surface area contributed by atoms with Crippen molar-refractivity contribution < 1.29 is 13.2 Å². The molecule has 0 aliphatic carbocycles. The van der Waals surface area contributed by atoms with Crippen molar-refractivity contribution in [1.29, 1.82) is 0 Å². The van der Waals surface area contributed by atoms with Crippen molar-refractivity contribution in [2.24, 2.45) is 0 Å². The van der Waals surface area contributed by atoms with Crippen LogP contribution in [0, 0.1) is 0 Å². The average Bonchev–Trinajstić information content (AvgIpc) is 3.26. The van der Waals surface area contributed by atoms with E-state index >= 15 is 0 Å². The summed E-state index contributed by atoms with van der Waals surface area (Å²) in [6.45, 7) is 2.00. The van der Waals surface area contributed by atoms with E-state index in [1.165, 1.54) is 23.1 Å². The van der Waals surface area contributed by atoms with Gasteiger partial charge in [-0.3, -0.25) is 10.1 Å². The summed E-state index contributed by atoms with van der Waals surface area (Å²) in [5.41, 5.74) is 0.832. The molecule has 0 bridgehead atoms. The highest BCUT2D eigenvalue weighted by atomic mass is 32.2. The van der Waals surface area contributed by atoms with Crippen LogP contribution in [-0.2, 0) is 21.2 Å². The van der Waals surface area contributed by atoms with E-state index in [0.717, 1.165) is 26.4 Å². The zero-order chi connectivity index (χ0) is 23.3. The third kappa shape index (κ3) is 5.97. The van der Waals surface area contributed by atoms with Crippen LogP contribution in [0.5, 0.6) is 0 Å². The van der Waals surface area contributed by atoms with Crippen LogP contribution in [0.25, 0.3) is 10.8 Å². The lowest BCUT2D eigenvalue weighted by Gasteiger charge is -2.18. The van der Waals surface area contributed by atoms with Gasteiger partial charge in [0.25, 0.3) is 0 Å². The Kier molecular flexibility index (Phi) is 7.39. The van der Waals surface area contributed by atoms with Crippen LogP contribution in [0.1, 0.15) is 12.5 Å². The Hall–Kier alpha value is -2.79. The van der Waals surface area contributed by atoms with Crippen LogP contribution in [0.3, 0.4) is 0 Å². The van der Waals surface area contributed by atoms with Gasteiger partial charge in [-0.05, 0) is 40.6 Å². The summed E-state index contributed by atoms with van der Waals surface area (Å²) in [6.07, 6.45) is 0.189. The van der Waals surface area contributed by atoms with E-state index in [1.807, 2.05) is 61.5 Å². The smallest absolute Gasteiger partial charge is 0.244 e. The van der Waals surface area contributed by atoms with Crippen LogP contribution in [0.2, 0.25) is 0 Å². The van der Waals surface area contributed by atoms with Crippen LogP contribution in [0.4, 0.5) is 5.13 Å². The Morgan fingerprint density at radius 1 is 1.00 bits per heavy atom. The van der Waals surface area contributed by atoms with Crippen molar-refractivity contribution in [1.82, 2.24) is 14.9 Å². The second kappa shape index (κ2) is 10.4. The van der Waals surface area contributed by atoms with Gasteiger partial charge in [-0.1, -0.05) is 90.7 Å². The first-order valence-corrected chi connectivity index (χ1v) is 13.6. The molecule has 0 fully saturated rings. The quantitative estimate of drug-likeness (QED) is 0.263. The van der Waals surface area contributed by atoms with Crippen molar-refractivity contribution >= 4 is 54.9 Å². The maximum Gasteiger partial charge on any atom is 0.244 e. The zero-order valence-corrected chi connectivity index (χ0v) is 20.2. The van der Waals surface area contributed by atoms with Crippen LogP contribution in [0.15, 0.2) is 82.0 Å². The maximum absolute atomic E-state index is 13.2. The number of nitrogens with zero attached hydrogens (tertiary/aromatic N) is 2. The number of carbonyl (C=O) groups excluding carboxylic acids is 1. The van der Waals surface area contributed by atoms with E-state index in [-0.39, 0.29) is 11.3 Å². The summed E-state index contributed by atoms with van der Waals surface area (Å²) < 4.78 is 29.7. The van der Waals surface area contributed by atoms with E-state index < -0.39 is 22.0 Å². The average molecular weight is 499 g/mol. The number of sulfonamides is 1. The molecule has 0 spiro atoms. The summed E-state index contributed by atoms with van der Waals surface area (Å²) in [7, 11) is -3.96. The minimum absolute atomic E-state index is 0.101. The van der Waals surface area contributed by atoms with E-state index in [9.17, 15) is 13.2 Å². The van der Waals surface area contributed by atoms with Gasteiger partial charge in [-0.25, -0.2) is 8.42 Å². The number of hydrogen-bond acceptors (Lipinski definition) is 7. The molecule has 7 nitrogen and oxygen atoms in total. The Labute approximate surface area is 200 Å². The van der Waals surface area contributed by atoms with Gasteiger partial charge in [-0.2, -0.15) is 4.72 Å². The lowest BCUT2D eigenvalue weighted by molar-refractivity contribution is -0.117. The highest BCUT2D eigenvalue weighted by Crippen LogP contribution is 2.25. The SMILES string of the molecule is CCSc1nnc(NC(=O)[C@H](Cc2ccccc2)NS(=O)(=O)c2ccc3ccccc3c2)s1. The summed E-state index contributed by atoms with van der Waals surface area (Å²) in [6, 6.07) is 20.7. The first kappa shape index (κ1) is 23.4. The summed E-state index contributed by atoms with van der Waals surface area (Å²) in [4.78, 5) is 13.2. The standard InChI is InChI=1S/C23H22N4O3S3/c1-2-31-23-26-25-22(32-23)24-21(28)20(14-16-8-4-3-5-9-16)27-33(29,30)19-13-12-17-10-6-7-11-18(17)15-19/h3-13,15,20,27H,2,14H2,1H3,(H,24,25,28)/t20-/m0/s1. The van der Waals surface area contributed by atoms with Crippen molar-refractivity contribution in [3.63, 3.8) is 0 Å². The highest BCUT2D eigenvalue weighted by molar-refractivity contribution is 8.01. The number of thioether (sulfide) groups is 1. The maximum atomic E-state index is 13.2. The van der Waals surface area contributed by atoms with Crippen molar-refractivity contribution in [3.8, 4) is 0 Å². The van der Waals surface area contributed by atoms with Gasteiger partial charge < -0.3 is 0 Å². The molecule has 33 heavy (non-hydrogen) atoms. The normalized spacial score (nSPS) is 12.5. The zero-order valence-electron chi connectivity index (χ0n) is 17.8. The molecule has 4 rings (SSSR count). The number of carbonyl (C=O) groups is 1. The first-order chi connectivity index (χ1) is 15.9. The molecule has 0 aliphatic heterocycles. The molecule has 4 aromatic rings. The molecule has 0 radical (unpaired) electrons. The number of anilines is 1. The van der Waals surface area contributed by atoms with Gasteiger partial charge >= 0.3 is 0 Å². The van der Waals surface area contributed by atoms with Gasteiger partial charge in [0.1, 0.15) is 6.04 Å². The first-order valence-electron chi connectivity index (χ1n) is 10.3. The van der Waals surface area contributed by atoms with Crippen molar-refractivity contribution in [3.05, 3.63) is 78.4 Å². The summed E-state index contributed by atoms with van der Waals surface area (Å²) >= 11 is 2.78. The molecular formula is C23H22N4O3S3. The number of hydrogen-bond donors (Lipinski definition) is 2. The molecular weight excluding hydrogens is 476 g/mol. The van der Waals surface area contributed by atoms with E-state index in [2.05, 4.69) is 20.2 Å². The molecule has 2 N–H and O–H groups in total. The molecule has 170 valence electrons. The molecule has 10 heteroatoms. The van der Waals surface area contributed by atoms with Gasteiger partial charge in [-0.15, -0.1) is 10.2 Å². The predicted octanol–water partition coefficient (Wildman–Crippen LogP) is 4.33. The van der Waals surface area contributed by atoms with Crippen LogP contribution >= 0.6 is 23.1 Å². The van der Waals surface area contributed by atoms with E-state index in [4.69, 9.17) is 0 Å². The third-order valence-electron chi connectivity index (χ3n) is 4.83. The van der Waals surface area contributed by atoms with Gasteiger partial charge in [0.15, 0.2) is 4.34 Å². The molecule has 1 amide bonds. The number of aromatic nitrogens is 2. The van der Waals surface area contributed by atoms with Gasteiger partial charge in [0, 0.05) is 0 Å². The monoisotopic (exact) mass is 498 g/mol. The van der Waals surface area contributed by atoms with Crippen LogP contribution in [-0.4, -0.2) is 36.3 Å². The van der Waals surface area contributed by atoms with Crippen molar-refractivity contribution in [2.75, 3.05) is 11.1 Å². The number of benzene rings is 3. The second-order valence-electron chi connectivity index (χ2n) is 7.17. The Morgan fingerprint density at radius 2 is 1.73 bits per heavy atom. The Bertz CT molecular complexity index is 1360.